The van der Waals surface area contributed by atoms with Crippen molar-refractivity contribution in [2.45, 2.75) is 11.1 Å². The molecule has 0 atom stereocenters. The first-order valence-electron chi connectivity index (χ1n) is 9.00. The number of sulfonamides is 1. The molecule has 6 nitrogen and oxygen atoms in total. The van der Waals surface area contributed by atoms with Gasteiger partial charge >= 0.3 is 6.18 Å². The van der Waals surface area contributed by atoms with E-state index in [0.29, 0.717) is 6.07 Å². The van der Waals surface area contributed by atoms with Gasteiger partial charge in [-0.15, -0.1) is 0 Å². The Morgan fingerprint density at radius 1 is 0.906 bits per heavy atom. The normalized spacial score (nSPS) is 12.0. The largest absolute Gasteiger partial charge is 0.419 e. The molecule has 2 aromatic heterocycles. The average molecular weight is 480 g/mol. The molecule has 0 spiro atoms. The molecule has 0 fully saturated rings. The van der Waals surface area contributed by atoms with Crippen molar-refractivity contribution in [1.29, 1.82) is 0 Å². The molecule has 0 aliphatic rings. The van der Waals surface area contributed by atoms with E-state index in [1.807, 2.05) is 24.3 Å². The van der Waals surface area contributed by atoms with Crippen LogP contribution in [0.25, 0.3) is 10.8 Å². The van der Waals surface area contributed by atoms with E-state index in [1.54, 1.807) is 12.3 Å². The third-order valence-corrected chi connectivity index (χ3v) is 5.99. The number of nitrogens with zero attached hydrogens (tertiary/aromatic N) is 2. The fourth-order valence-corrected chi connectivity index (χ4v) is 4.11. The van der Waals surface area contributed by atoms with Crippen LogP contribution < -0.4 is 9.46 Å². The molecule has 0 saturated heterocycles. The number of rotatable bonds is 5. The van der Waals surface area contributed by atoms with E-state index in [9.17, 15) is 21.6 Å². The molecule has 0 amide bonds. The van der Waals surface area contributed by atoms with Gasteiger partial charge in [-0.2, -0.15) is 13.2 Å². The molecule has 2 heterocycles. The molecule has 0 aliphatic carbocycles. The van der Waals surface area contributed by atoms with Crippen molar-refractivity contribution in [3.63, 3.8) is 0 Å². The summed E-state index contributed by atoms with van der Waals surface area (Å²) in [5.74, 6) is 0.215. The number of fused-ring (bicyclic) bond motifs is 1. The van der Waals surface area contributed by atoms with Gasteiger partial charge in [0.1, 0.15) is 5.02 Å². The molecule has 32 heavy (non-hydrogen) atoms. The van der Waals surface area contributed by atoms with Crippen LogP contribution in [0.15, 0.2) is 78.0 Å². The summed E-state index contributed by atoms with van der Waals surface area (Å²) < 4.78 is 71.4. The maximum atomic E-state index is 12.9. The van der Waals surface area contributed by atoms with Gasteiger partial charge < -0.3 is 4.74 Å². The number of anilines is 1. The van der Waals surface area contributed by atoms with Gasteiger partial charge in [0, 0.05) is 17.6 Å². The summed E-state index contributed by atoms with van der Waals surface area (Å²) in [5, 5.41) is 1.78. The molecule has 4 rings (SSSR count). The topological polar surface area (TPSA) is 81.2 Å². The number of benzene rings is 2. The van der Waals surface area contributed by atoms with Crippen LogP contribution >= 0.6 is 11.6 Å². The average Bonchev–Trinajstić information content (AvgIpc) is 2.75. The molecule has 0 radical (unpaired) electrons. The highest BCUT2D eigenvalue weighted by molar-refractivity contribution is 7.92. The molecular weight excluding hydrogens is 467 g/mol. The molecule has 0 aliphatic heterocycles. The molecule has 2 aromatic carbocycles. The SMILES string of the molecule is O=S(=O)(Nc1cnc(Oc2cc3ccccc3cn2)c(Cl)c1)c1cccc(C(F)(F)F)c1. The number of halogens is 4. The van der Waals surface area contributed by atoms with Crippen LogP contribution in [-0.2, 0) is 16.2 Å². The fraction of sp³-hybridized carbons (Fsp3) is 0.0476. The molecule has 4 aromatic rings. The second-order valence-electron chi connectivity index (χ2n) is 6.61. The monoisotopic (exact) mass is 479 g/mol. The third-order valence-electron chi connectivity index (χ3n) is 4.34. The lowest BCUT2D eigenvalue weighted by Gasteiger charge is -2.12. The molecule has 164 valence electrons. The minimum Gasteiger partial charge on any atom is -0.419 e. The Bertz CT molecular complexity index is 1410. The summed E-state index contributed by atoms with van der Waals surface area (Å²) in [7, 11) is -4.31. The number of hydrogen-bond donors (Lipinski definition) is 1. The zero-order valence-corrected chi connectivity index (χ0v) is 17.5. The van der Waals surface area contributed by atoms with Gasteiger partial charge in [0.15, 0.2) is 0 Å². The Hall–Kier alpha value is -3.37. The number of hydrogen-bond acceptors (Lipinski definition) is 5. The van der Waals surface area contributed by atoms with E-state index in [2.05, 4.69) is 14.7 Å². The van der Waals surface area contributed by atoms with Crippen molar-refractivity contribution >= 4 is 38.1 Å². The maximum Gasteiger partial charge on any atom is 0.416 e. The quantitative estimate of drug-likeness (QED) is 0.385. The molecule has 1 N–H and O–H groups in total. The van der Waals surface area contributed by atoms with E-state index >= 15 is 0 Å². The summed E-state index contributed by atoms with van der Waals surface area (Å²) >= 11 is 6.16. The highest BCUT2D eigenvalue weighted by Crippen LogP contribution is 2.32. The Balaban J connectivity index is 1.55. The minimum absolute atomic E-state index is 0.0172. The van der Waals surface area contributed by atoms with Crippen molar-refractivity contribution in [3.05, 3.63) is 83.6 Å². The van der Waals surface area contributed by atoms with Crippen LogP contribution in [0, 0.1) is 0 Å². The molecule has 0 bridgehead atoms. The highest BCUT2D eigenvalue weighted by atomic mass is 35.5. The standard InChI is InChI=1S/C21H13ClF3N3O3S/c22-18-10-16(28-32(29,30)17-7-3-6-15(9-17)21(23,24)25)12-27-20(18)31-19-8-13-4-1-2-5-14(13)11-26-19/h1-12,28H. The van der Waals surface area contributed by atoms with E-state index in [1.165, 1.54) is 6.07 Å². The lowest BCUT2D eigenvalue weighted by molar-refractivity contribution is -0.137. The van der Waals surface area contributed by atoms with Crippen molar-refractivity contribution in [2.24, 2.45) is 0 Å². The zero-order chi connectivity index (χ0) is 22.9. The van der Waals surface area contributed by atoms with Gasteiger partial charge in [-0.1, -0.05) is 41.9 Å². The van der Waals surface area contributed by atoms with Gasteiger partial charge in [-0.05, 0) is 29.7 Å². The van der Waals surface area contributed by atoms with Gasteiger partial charge in [0.05, 0.1) is 22.3 Å². The van der Waals surface area contributed by atoms with Crippen LogP contribution in [0.1, 0.15) is 5.56 Å². The van der Waals surface area contributed by atoms with Gasteiger partial charge in [0.25, 0.3) is 10.0 Å². The first-order chi connectivity index (χ1) is 15.1. The summed E-state index contributed by atoms with van der Waals surface area (Å²) in [4.78, 5) is 7.60. The summed E-state index contributed by atoms with van der Waals surface area (Å²) in [6.45, 7) is 0. The van der Waals surface area contributed by atoms with Gasteiger partial charge in [-0.25, -0.2) is 18.4 Å². The predicted molar refractivity (Wildman–Crippen MR) is 113 cm³/mol. The number of ether oxygens (including phenoxy) is 1. The Morgan fingerprint density at radius 3 is 2.38 bits per heavy atom. The number of pyridine rings is 2. The highest BCUT2D eigenvalue weighted by Gasteiger charge is 2.31. The fourth-order valence-electron chi connectivity index (χ4n) is 2.83. The Morgan fingerprint density at radius 2 is 1.66 bits per heavy atom. The van der Waals surface area contributed by atoms with Crippen LogP contribution in [0.3, 0.4) is 0 Å². The first-order valence-corrected chi connectivity index (χ1v) is 10.9. The lowest BCUT2D eigenvalue weighted by Crippen LogP contribution is -2.14. The van der Waals surface area contributed by atoms with Crippen molar-refractivity contribution < 1.29 is 26.3 Å². The number of alkyl halides is 3. The van der Waals surface area contributed by atoms with Crippen molar-refractivity contribution in [1.82, 2.24) is 9.97 Å². The summed E-state index contributed by atoms with van der Waals surface area (Å²) in [6, 6.07) is 13.8. The minimum atomic E-state index is -4.67. The van der Waals surface area contributed by atoms with Crippen LogP contribution in [-0.4, -0.2) is 18.4 Å². The number of aromatic nitrogens is 2. The Labute approximate surface area is 185 Å². The van der Waals surface area contributed by atoms with E-state index in [-0.39, 0.29) is 22.5 Å². The van der Waals surface area contributed by atoms with Crippen LogP contribution in [0.4, 0.5) is 18.9 Å². The number of nitrogens with one attached hydrogen (secondary N) is 1. The van der Waals surface area contributed by atoms with Gasteiger partial charge in [0.2, 0.25) is 11.8 Å². The molecular formula is C21H13ClF3N3O3S. The smallest absolute Gasteiger partial charge is 0.416 e. The van der Waals surface area contributed by atoms with E-state index < -0.39 is 26.7 Å². The van der Waals surface area contributed by atoms with Gasteiger partial charge in [-0.3, -0.25) is 4.72 Å². The summed E-state index contributed by atoms with van der Waals surface area (Å²) in [6.07, 6.45) is -1.92. The van der Waals surface area contributed by atoms with E-state index in [4.69, 9.17) is 16.3 Å². The van der Waals surface area contributed by atoms with E-state index in [0.717, 1.165) is 35.2 Å². The second kappa shape index (κ2) is 8.29. The van der Waals surface area contributed by atoms with Crippen LogP contribution in [0.5, 0.6) is 11.8 Å². The Kier molecular flexibility index (Phi) is 5.66. The maximum absolute atomic E-state index is 12.9. The molecule has 11 heteroatoms. The lowest BCUT2D eigenvalue weighted by atomic mass is 10.2. The van der Waals surface area contributed by atoms with Crippen molar-refractivity contribution in [2.75, 3.05) is 4.72 Å². The zero-order valence-electron chi connectivity index (χ0n) is 16.0. The predicted octanol–water partition coefficient (Wildman–Crippen LogP) is 5.90. The van der Waals surface area contributed by atoms with Crippen molar-refractivity contribution in [3.8, 4) is 11.8 Å². The summed E-state index contributed by atoms with van der Waals surface area (Å²) in [5.41, 5.74) is -1.13. The van der Waals surface area contributed by atoms with Crippen LogP contribution in [0.2, 0.25) is 5.02 Å². The third kappa shape index (κ3) is 4.76. The molecule has 0 saturated carbocycles. The second-order valence-corrected chi connectivity index (χ2v) is 8.70. The molecule has 0 unspecified atom stereocenters. The first kappa shape index (κ1) is 21.8.